The van der Waals surface area contributed by atoms with Crippen LogP contribution >= 0.6 is 0 Å². The second-order valence-corrected chi connectivity index (χ2v) is 2.53. The van der Waals surface area contributed by atoms with Crippen molar-refractivity contribution < 1.29 is 0 Å². The molecule has 0 atom stereocenters. The van der Waals surface area contributed by atoms with E-state index in [1.165, 1.54) is 10.9 Å². The van der Waals surface area contributed by atoms with E-state index in [4.69, 9.17) is 0 Å². The minimum absolute atomic E-state index is 1.15. The molecule has 0 aliphatic heterocycles. The lowest BCUT2D eigenvalue weighted by molar-refractivity contribution is 1.46. The second kappa shape index (κ2) is 2.35. The van der Waals surface area contributed by atoms with E-state index in [1.54, 1.807) is 0 Å². The molecule has 54 valence electrons. The topological polar surface area (TPSA) is 15.8 Å². The first-order chi connectivity index (χ1) is 5.40. The quantitative estimate of drug-likeness (QED) is 0.590. The van der Waals surface area contributed by atoms with Gasteiger partial charge >= 0.3 is 0 Å². The van der Waals surface area contributed by atoms with E-state index in [9.17, 15) is 0 Å². The van der Waals surface area contributed by atoms with E-state index in [0.29, 0.717) is 0 Å². The highest BCUT2D eigenvalue weighted by atomic mass is 14.7. The van der Waals surface area contributed by atoms with Gasteiger partial charge in [0.05, 0.1) is 11.6 Å². The Morgan fingerprint density at radius 2 is 2.18 bits per heavy atom. The first-order valence-electron chi connectivity index (χ1n) is 3.60. The summed E-state index contributed by atoms with van der Waals surface area (Å²) in [5.74, 6) is 0. The smallest absolute Gasteiger partial charge is 0.105 e. The van der Waals surface area contributed by atoms with Crippen molar-refractivity contribution in [2.45, 2.75) is 0 Å². The van der Waals surface area contributed by atoms with Crippen molar-refractivity contribution in [3.63, 3.8) is 0 Å². The van der Waals surface area contributed by atoms with E-state index < -0.39 is 0 Å². The Morgan fingerprint density at radius 1 is 1.27 bits per heavy atom. The van der Waals surface area contributed by atoms with Gasteiger partial charge in [-0.3, -0.25) is 6.92 Å². The van der Waals surface area contributed by atoms with Crippen molar-refractivity contribution >= 4 is 10.9 Å². The molecule has 0 saturated carbocycles. The molecular formula is C10H9N. The number of benzene rings is 1. The monoisotopic (exact) mass is 143 g/mol. The molecular weight excluding hydrogens is 134 g/mol. The van der Waals surface area contributed by atoms with Crippen molar-refractivity contribution in [1.82, 2.24) is 4.98 Å². The molecule has 0 amide bonds. The zero-order valence-electron chi connectivity index (χ0n) is 6.17. The van der Waals surface area contributed by atoms with Crippen LogP contribution in [0.1, 0.15) is 5.56 Å². The Labute approximate surface area is 66.1 Å². The maximum atomic E-state index is 3.71. The molecule has 0 aliphatic rings. The van der Waals surface area contributed by atoms with E-state index in [0.717, 1.165) is 5.56 Å². The molecule has 1 N–H and O–H groups in total. The molecule has 0 spiro atoms. The lowest BCUT2D eigenvalue weighted by Crippen LogP contribution is -1.75. The van der Waals surface area contributed by atoms with Gasteiger partial charge in [-0.15, -0.1) is 6.42 Å². The van der Waals surface area contributed by atoms with Gasteiger partial charge in [0.1, 0.15) is 5.52 Å². The number of rotatable bonds is 1. The van der Waals surface area contributed by atoms with Crippen LogP contribution in [0.5, 0.6) is 0 Å². The molecule has 0 unspecified atom stereocenters. The third kappa shape index (κ3) is 0.984. The predicted octanol–water partition coefficient (Wildman–Crippen LogP) is 2.55. The van der Waals surface area contributed by atoms with Gasteiger partial charge < -0.3 is 4.98 Å². The number of hydrogen-bond donors (Lipinski definition) is 1. The van der Waals surface area contributed by atoms with E-state index >= 15 is 0 Å². The van der Waals surface area contributed by atoms with Crippen molar-refractivity contribution in [2.24, 2.45) is 0 Å². The Morgan fingerprint density at radius 3 is 3.00 bits per heavy atom. The van der Waals surface area contributed by atoms with Crippen LogP contribution in [0.15, 0.2) is 30.5 Å². The maximum Gasteiger partial charge on any atom is 0.105 e. The number of nitrogens with one attached hydrogen (secondary N) is 1. The van der Waals surface area contributed by atoms with Crippen molar-refractivity contribution in [3.05, 3.63) is 49.4 Å². The van der Waals surface area contributed by atoms with E-state index in [1.807, 2.05) is 12.6 Å². The lowest BCUT2D eigenvalue weighted by Gasteiger charge is -1.90. The molecule has 0 radical (unpaired) electrons. The molecule has 1 aromatic carbocycles. The fourth-order valence-electron chi connectivity index (χ4n) is 1.19. The summed E-state index contributed by atoms with van der Waals surface area (Å²) < 4.78 is 0. The minimum Gasteiger partial charge on any atom is -0.350 e. The van der Waals surface area contributed by atoms with Crippen LogP contribution in [0.25, 0.3) is 10.9 Å². The molecule has 0 fully saturated rings. The third-order valence-corrected chi connectivity index (χ3v) is 1.81. The number of hydrogen-bond acceptors (Lipinski definition) is 0. The highest BCUT2D eigenvalue weighted by Crippen LogP contribution is 2.14. The van der Waals surface area contributed by atoms with Crippen molar-refractivity contribution in [3.8, 4) is 0 Å². The summed E-state index contributed by atoms with van der Waals surface area (Å²) in [5.41, 5.74) is 2.32. The van der Waals surface area contributed by atoms with Gasteiger partial charge in [0.25, 0.3) is 0 Å². The van der Waals surface area contributed by atoms with Crippen LogP contribution < -0.4 is 0 Å². The summed E-state index contributed by atoms with van der Waals surface area (Å²) in [5, 5.41) is 1.25. The van der Waals surface area contributed by atoms with Gasteiger partial charge in [-0.1, -0.05) is 0 Å². The average Bonchev–Trinajstić information content (AvgIpc) is 2.50. The van der Waals surface area contributed by atoms with Crippen LogP contribution in [0.4, 0.5) is 0 Å². The predicted molar refractivity (Wildman–Crippen MR) is 47.1 cm³/mol. The molecule has 1 nitrogen and oxygen atoms in total. The number of aromatic amines is 1. The Kier molecular flexibility index (Phi) is 1.35. The van der Waals surface area contributed by atoms with Crippen LogP contribution in [0.3, 0.4) is 0 Å². The summed E-state index contributed by atoms with van der Waals surface area (Å²) in [6.45, 7) is 3.71. The summed E-state index contributed by atoms with van der Waals surface area (Å²) in [7, 11) is 0. The Hall–Kier alpha value is -1.37. The minimum atomic E-state index is 1.15. The largest absolute Gasteiger partial charge is 0.350 e. The molecule has 0 aliphatic carbocycles. The van der Waals surface area contributed by atoms with Crippen LogP contribution in [-0.4, -0.2) is 4.98 Å². The zero-order chi connectivity index (χ0) is 7.68. The van der Waals surface area contributed by atoms with Gasteiger partial charge in [-0.2, -0.15) is 0 Å². The average molecular weight is 143 g/mol. The maximum absolute atomic E-state index is 3.71. The third-order valence-electron chi connectivity index (χ3n) is 1.81. The first kappa shape index (κ1) is 6.35. The van der Waals surface area contributed by atoms with E-state index in [2.05, 4.69) is 36.2 Å². The standard InChI is InChI=1S/C10H9N/c1-2-8-3-4-9-5-6-11-10(9)7-8/h2-7,11H,1H2. The number of aromatic nitrogens is 1. The summed E-state index contributed by atoms with van der Waals surface area (Å²) in [4.78, 5) is 3.15. The van der Waals surface area contributed by atoms with Gasteiger partial charge in [0.2, 0.25) is 0 Å². The zero-order valence-corrected chi connectivity index (χ0v) is 6.17. The van der Waals surface area contributed by atoms with Crippen LogP contribution in [0, 0.1) is 13.3 Å². The molecule has 1 heteroatoms. The second-order valence-electron chi connectivity index (χ2n) is 2.53. The fraction of sp³-hybridized carbons (Fsp3) is 0. The summed E-state index contributed by atoms with van der Waals surface area (Å²) in [6, 6.07) is 8.29. The van der Waals surface area contributed by atoms with Crippen LogP contribution in [0.2, 0.25) is 0 Å². The summed E-state index contributed by atoms with van der Waals surface area (Å²) in [6.07, 6.45) is 3.79. The molecule has 2 aromatic rings. The molecule has 1 aromatic heterocycles. The van der Waals surface area contributed by atoms with Gasteiger partial charge in [0.15, 0.2) is 0 Å². The first-order valence-corrected chi connectivity index (χ1v) is 3.60. The molecule has 1 heterocycles. The summed E-state index contributed by atoms with van der Waals surface area (Å²) >= 11 is 0. The van der Waals surface area contributed by atoms with Crippen molar-refractivity contribution in [1.29, 1.82) is 0 Å². The number of H-pyrrole nitrogens is 1. The highest BCUT2D eigenvalue weighted by Gasteiger charge is 1.99. The van der Waals surface area contributed by atoms with Gasteiger partial charge in [-0.25, -0.2) is 0 Å². The number of fused-ring (bicyclic) bond motifs is 1. The molecule has 0 saturated heterocycles. The highest BCUT2D eigenvalue weighted by molar-refractivity contribution is 5.80. The molecule has 0 bridgehead atoms. The molecule has 11 heavy (non-hydrogen) atoms. The normalized spacial score (nSPS) is 10.3. The van der Waals surface area contributed by atoms with Crippen molar-refractivity contribution in [2.75, 3.05) is 0 Å². The van der Waals surface area contributed by atoms with Gasteiger partial charge in [-0.05, 0) is 6.07 Å². The molecule has 2 rings (SSSR count). The Bertz CT molecular complexity index is 360. The van der Waals surface area contributed by atoms with E-state index in [-0.39, 0.29) is 0 Å². The van der Waals surface area contributed by atoms with Gasteiger partial charge in [0, 0.05) is 23.7 Å². The Balaban J connectivity index is 2.67. The van der Waals surface area contributed by atoms with Crippen LogP contribution in [-0.2, 0) is 0 Å². The SMILES string of the molecule is [CH2-][CH+]c1ccc2cc[nH]c2c1. The fourth-order valence-corrected chi connectivity index (χ4v) is 1.19. The lowest BCUT2D eigenvalue weighted by atomic mass is 10.1.